The molecule has 1 heterocycles. The SMILES string of the molecule is C1=NC2CCC(c3ccccc3)C[C@H]2C(c2ccccc2)=C1. The molecule has 0 bridgehead atoms. The van der Waals surface area contributed by atoms with Crippen LogP contribution >= 0.6 is 0 Å². The highest BCUT2D eigenvalue weighted by Gasteiger charge is 2.34. The summed E-state index contributed by atoms with van der Waals surface area (Å²) in [6.45, 7) is 0. The summed E-state index contributed by atoms with van der Waals surface area (Å²) >= 11 is 0. The van der Waals surface area contributed by atoms with E-state index >= 15 is 0 Å². The molecule has 4 rings (SSSR count). The van der Waals surface area contributed by atoms with E-state index in [0.717, 1.165) is 0 Å². The number of allylic oxidation sites excluding steroid dienone is 1. The Morgan fingerprint density at radius 1 is 0.818 bits per heavy atom. The zero-order chi connectivity index (χ0) is 14.8. The summed E-state index contributed by atoms with van der Waals surface area (Å²) in [5, 5.41) is 0. The lowest BCUT2D eigenvalue weighted by molar-refractivity contribution is 0.334. The largest absolute Gasteiger partial charge is 0.289 e. The number of benzene rings is 2. The average molecular weight is 287 g/mol. The van der Waals surface area contributed by atoms with Crippen molar-refractivity contribution in [2.24, 2.45) is 10.9 Å². The first kappa shape index (κ1) is 13.5. The van der Waals surface area contributed by atoms with Gasteiger partial charge in [0.05, 0.1) is 6.04 Å². The van der Waals surface area contributed by atoms with Crippen molar-refractivity contribution >= 4 is 11.8 Å². The van der Waals surface area contributed by atoms with E-state index in [1.807, 2.05) is 6.21 Å². The summed E-state index contributed by atoms with van der Waals surface area (Å²) < 4.78 is 0. The van der Waals surface area contributed by atoms with Crippen molar-refractivity contribution in [3.63, 3.8) is 0 Å². The Labute approximate surface area is 132 Å². The van der Waals surface area contributed by atoms with Crippen LogP contribution in [-0.2, 0) is 0 Å². The Bertz CT molecular complexity index is 684. The fourth-order valence-corrected chi connectivity index (χ4v) is 3.99. The Balaban J connectivity index is 1.63. The van der Waals surface area contributed by atoms with Crippen molar-refractivity contribution in [2.75, 3.05) is 0 Å². The van der Waals surface area contributed by atoms with Crippen molar-refractivity contribution in [3.05, 3.63) is 77.9 Å². The molecule has 3 atom stereocenters. The minimum absolute atomic E-state index is 0.472. The maximum Gasteiger partial charge on any atom is 0.0568 e. The summed E-state index contributed by atoms with van der Waals surface area (Å²) in [5.74, 6) is 1.23. The normalized spacial score (nSPS) is 27.1. The molecular weight excluding hydrogens is 266 g/mol. The van der Waals surface area contributed by atoms with E-state index in [1.165, 1.54) is 36.0 Å². The van der Waals surface area contributed by atoms with Gasteiger partial charge in [-0.1, -0.05) is 60.7 Å². The first-order chi connectivity index (χ1) is 10.9. The van der Waals surface area contributed by atoms with Crippen LogP contribution in [0.15, 0.2) is 71.7 Å². The lowest BCUT2D eigenvalue weighted by Gasteiger charge is -2.37. The van der Waals surface area contributed by atoms with Gasteiger partial charge in [-0.15, -0.1) is 0 Å². The van der Waals surface area contributed by atoms with Crippen LogP contribution in [0.25, 0.3) is 5.57 Å². The van der Waals surface area contributed by atoms with E-state index in [4.69, 9.17) is 4.99 Å². The average Bonchev–Trinajstić information content (AvgIpc) is 2.62. The molecule has 2 unspecified atom stereocenters. The van der Waals surface area contributed by atoms with Crippen LogP contribution in [0.1, 0.15) is 36.3 Å². The van der Waals surface area contributed by atoms with Crippen molar-refractivity contribution in [1.29, 1.82) is 0 Å². The molecule has 2 aliphatic rings. The molecule has 0 N–H and O–H groups in total. The van der Waals surface area contributed by atoms with Crippen LogP contribution in [0.4, 0.5) is 0 Å². The molecule has 0 spiro atoms. The third-order valence-electron chi connectivity index (χ3n) is 5.12. The van der Waals surface area contributed by atoms with Crippen LogP contribution in [0, 0.1) is 5.92 Å². The van der Waals surface area contributed by atoms with E-state index in [2.05, 4.69) is 66.7 Å². The Hall–Kier alpha value is -2.15. The number of aliphatic imine (C=N–C) groups is 1. The molecule has 0 saturated heterocycles. The van der Waals surface area contributed by atoms with Crippen molar-refractivity contribution in [1.82, 2.24) is 0 Å². The maximum atomic E-state index is 4.75. The van der Waals surface area contributed by atoms with Gasteiger partial charge in [0.2, 0.25) is 0 Å². The van der Waals surface area contributed by atoms with Crippen LogP contribution in [-0.4, -0.2) is 12.3 Å². The van der Waals surface area contributed by atoms with Gasteiger partial charge in [0.15, 0.2) is 0 Å². The van der Waals surface area contributed by atoms with Crippen LogP contribution < -0.4 is 0 Å². The molecule has 1 heteroatoms. The first-order valence-corrected chi connectivity index (χ1v) is 8.25. The van der Waals surface area contributed by atoms with Crippen molar-refractivity contribution in [2.45, 2.75) is 31.2 Å². The monoisotopic (exact) mass is 287 g/mol. The van der Waals surface area contributed by atoms with Crippen LogP contribution in [0.2, 0.25) is 0 Å². The van der Waals surface area contributed by atoms with Gasteiger partial charge in [-0.25, -0.2) is 0 Å². The third-order valence-corrected chi connectivity index (χ3v) is 5.12. The van der Waals surface area contributed by atoms with Crippen LogP contribution in [0.3, 0.4) is 0 Å². The van der Waals surface area contributed by atoms with E-state index in [1.54, 1.807) is 0 Å². The number of hydrogen-bond donors (Lipinski definition) is 0. The molecule has 0 radical (unpaired) electrons. The van der Waals surface area contributed by atoms with Gasteiger partial charge in [-0.2, -0.15) is 0 Å². The van der Waals surface area contributed by atoms with E-state index in [9.17, 15) is 0 Å². The molecule has 22 heavy (non-hydrogen) atoms. The summed E-state index contributed by atoms with van der Waals surface area (Å²) in [6, 6.07) is 22.3. The third kappa shape index (κ3) is 2.52. The number of nitrogens with zero attached hydrogens (tertiary/aromatic N) is 1. The highest BCUT2D eigenvalue weighted by molar-refractivity contribution is 5.87. The Kier molecular flexibility index (Phi) is 3.64. The van der Waals surface area contributed by atoms with Crippen LogP contribution in [0.5, 0.6) is 0 Å². The molecule has 1 nitrogen and oxygen atoms in total. The standard InChI is InChI=1S/C21H21N/c1-3-7-16(8-4-1)18-11-12-21-20(15-18)19(13-14-22-21)17-9-5-2-6-10-17/h1-10,13-14,18,20-21H,11-12,15H2/t18?,20-,21?/m0/s1. The summed E-state index contributed by atoms with van der Waals surface area (Å²) in [6.07, 6.45) is 7.92. The topological polar surface area (TPSA) is 12.4 Å². The Morgan fingerprint density at radius 3 is 2.32 bits per heavy atom. The number of hydrogen-bond acceptors (Lipinski definition) is 1. The molecule has 110 valence electrons. The fourth-order valence-electron chi connectivity index (χ4n) is 3.99. The highest BCUT2D eigenvalue weighted by Crippen LogP contribution is 2.44. The summed E-state index contributed by atoms with van der Waals surface area (Å²) in [7, 11) is 0. The zero-order valence-corrected chi connectivity index (χ0v) is 12.7. The molecule has 1 aliphatic heterocycles. The van der Waals surface area contributed by atoms with Gasteiger partial charge in [0.1, 0.15) is 0 Å². The van der Waals surface area contributed by atoms with Crippen molar-refractivity contribution in [3.8, 4) is 0 Å². The van der Waals surface area contributed by atoms with Crippen molar-refractivity contribution < 1.29 is 0 Å². The smallest absolute Gasteiger partial charge is 0.0568 e. The first-order valence-electron chi connectivity index (χ1n) is 8.25. The summed E-state index contributed by atoms with van der Waals surface area (Å²) in [4.78, 5) is 4.75. The molecule has 2 aromatic rings. The molecule has 2 aromatic carbocycles. The highest BCUT2D eigenvalue weighted by atomic mass is 14.8. The molecular formula is C21H21N. The van der Waals surface area contributed by atoms with Gasteiger partial charge in [-0.05, 0) is 48.0 Å². The quantitative estimate of drug-likeness (QED) is 0.728. The number of fused-ring (bicyclic) bond motifs is 1. The second kappa shape index (κ2) is 5.92. The zero-order valence-electron chi connectivity index (χ0n) is 12.7. The molecule has 0 amide bonds. The van der Waals surface area contributed by atoms with Gasteiger partial charge in [0, 0.05) is 12.1 Å². The van der Waals surface area contributed by atoms with Gasteiger partial charge >= 0.3 is 0 Å². The number of dihydropyridines is 1. The van der Waals surface area contributed by atoms with Gasteiger partial charge in [0.25, 0.3) is 0 Å². The molecule has 1 fully saturated rings. The second-order valence-electron chi connectivity index (χ2n) is 6.38. The van der Waals surface area contributed by atoms with E-state index < -0.39 is 0 Å². The minimum atomic E-state index is 0.472. The van der Waals surface area contributed by atoms with Gasteiger partial charge < -0.3 is 0 Å². The molecule has 1 aliphatic carbocycles. The summed E-state index contributed by atoms with van der Waals surface area (Å²) in [5.41, 5.74) is 4.32. The van der Waals surface area contributed by atoms with Gasteiger partial charge in [-0.3, -0.25) is 4.99 Å². The lowest BCUT2D eigenvalue weighted by atomic mass is 9.70. The predicted octanol–water partition coefficient (Wildman–Crippen LogP) is 5.11. The van der Waals surface area contributed by atoms with E-state index in [0.29, 0.717) is 17.9 Å². The Morgan fingerprint density at radius 2 is 1.55 bits per heavy atom. The second-order valence-corrected chi connectivity index (χ2v) is 6.38. The maximum absolute atomic E-state index is 4.75. The lowest BCUT2D eigenvalue weighted by Crippen LogP contribution is -2.30. The molecule has 0 aromatic heterocycles. The minimum Gasteiger partial charge on any atom is -0.289 e. The fraction of sp³-hybridized carbons (Fsp3) is 0.286. The number of rotatable bonds is 2. The van der Waals surface area contributed by atoms with E-state index in [-0.39, 0.29) is 0 Å². The predicted molar refractivity (Wildman–Crippen MR) is 93.2 cm³/mol. The molecule has 1 saturated carbocycles.